The molecule has 0 fully saturated rings. The first kappa shape index (κ1) is 59.7. The second-order valence-electron chi connectivity index (χ2n) is 27.7. The Hall–Kier alpha value is -12.5. The Kier molecular flexibility index (Phi) is 14.0. The summed E-state index contributed by atoms with van der Waals surface area (Å²) in [6.45, 7) is 10.8. The van der Waals surface area contributed by atoms with Crippen molar-refractivity contribution in [3.8, 4) is 89.7 Å². The minimum atomic E-state index is -0.478. The molecule has 0 saturated heterocycles. The molecule has 0 N–H and O–H groups in total. The summed E-state index contributed by atoms with van der Waals surface area (Å²) in [5, 5.41) is 8.87. The molecule has 2 atom stereocenters. The number of anilines is 3. The third-order valence-corrected chi connectivity index (χ3v) is 22.2. The molecule has 14 aromatic rings. The van der Waals surface area contributed by atoms with Crippen LogP contribution in [0.1, 0.15) is 81.8 Å². The molecule has 101 heavy (non-hydrogen) atoms. The Morgan fingerprint density at radius 2 is 0.842 bits per heavy atom. The van der Waals surface area contributed by atoms with Crippen molar-refractivity contribution in [2.24, 2.45) is 0 Å². The zero-order valence-corrected chi connectivity index (χ0v) is 56.5. The van der Waals surface area contributed by atoms with Gasteiger partial charge in [0.25, 0.3) is 0 Å². The standard InChI is InChI=1S/C97H69N3O/c1-61(2)38-57-86-63(4)75-24-12-17-33-87(75)96(86)88-34-18-15-31-82(88)84-55-45-68(59-92(84)96)64-39-48-71(49-40-64)100(72-50-41-65(42-51-72)69-46-56-85-83-32-16-21-37-91(83)97(93(85)60-69)89-35-19-13-29-80(89)81-30-14-20-36-90(81)97)73-52-43-66(44-53-73)76-25-8-10-27-78(76)79-28-11-9-26-77(79)70-47-54-74(62(3)58-70)95-99-98-94(101-95)67-22-6-5-7-23-67/h5-45,47-60,69H,1,46H2,2-4H3. The van der Waals surface area contributed by atoms with Gasteiger partial charge < -0.3 is 9.32 Å². The number of aromatic nitrogens is 2. The first-order valence-electron chi connectivity index (χ1n) is 35.1. The molecular weight excluding hydrogens is 1220 g/mol. The van der Waals surface area contributed by atoms with Crippen LogP contribution in [0.5, 0.6) is 0 Å². The van der Waals surface area contributed by atoms with Crippen molar-refractivity contribution in [2.45, 2.75) is 43.9 Å². The fourth-order valence-electron chi connectivity index (χ4n) is 17.7. The maximum atomic E-state index is 6.24. The Morgan fingerprint density at radius 1 is 0.396 bits per heavy atom. The summed E-state index contributed by atoms with van der Waals surface area (Å²) >= 11 is 0. The van der Waals surface area contributed by atoms with Gasteiger partial charge in [-0.2, -0.15) is 0 Å². The van der Waals surface area contributed by atoms with E-state index in [0.29, 0.717) is 11.8 Å². The van der Waals surface area contributed by atoms with E-state index in [9.17, 15) is 0 Å². The van der Waals surface area contributed by atoms with Crippen molar-refractivity contribution in [1.29, 1.82) is 0 Å². The lowest BCUT2D eigenvalue weighted by molar-refractivity contribution is 0.584. The van der Waals surface area contributed by atoms with Crippen LogP contribution in [0.2, 0.25) is 0 Å². The van der Waals surface area contributed by atoms with Crippen molar-refractivity contribution in [1.82, 2.24) is 10.2 Å². The van der Waals surface area contributed by atoms with Gasteiger partial charge in [0, 0.05) is 34.1 Å². The van der Waals surface area contributed by atoms with Crippen LogP contribution in [0.25, 0.3) is 101 Å². The van der Waals surface area contributed by atoms with E-state index in [1.54, 1.807) is 0 Å². The molecule has 4 nitrogen and oxygen atoms in total. The molecule has 19 rings (SSSR count). The molecule has 0 bridgehead atoms. The van der Waals surface area contributed by atoms with Gasteiger partial charge in [0.15, 0.2) is 0 Å². The highest BCUT2D eigenvalue weighted by Gasteiger charge is 2.54. The smallest absolute Gasteiger partial charge is 0.248 e. The second-order valence-corrected chi connectivity index (χ2v) is 27.7. The molecule has 5 aliphatic carbocycles. The van der Waals surface area contributed by atoms with E-state index in [1.165, 1.54) is 100 Å². The number of rotatable bonds is 12. The average molecular weight is 1290 g/mol. The normalized spacial score (nSPS) is 16.1. The second kappa shape index (κ2) is 23.6. The van der Waals surface area contributed by atoms with Crippen LogP contribution in [-0.2, 0) is 10.8 Å². The molecule has 2 spiro atoms. The predicted molar refractivity (Wildman–Crippen MR) is 416 cm³/mol. The maximum absolute atomic E-state index is 6.24. The van der Waals surface area contributed by atoms with Crippen molar-refractivity contribution >= 4 is 28.2 Å². The first-order chi connectivity index (χ1) is 49.7. The minimum absolute atomic E-state index is 0.175. The Morgan fingerprint density at radius 3 is 1.44 bits per heavy atom. The number of hydrogen-bond donors (Lipinski definition) is 0. The van der Waals surface area contributed by atoms with Gasteiger partial charge >= 0.3 is 0 Å². The summed E-state index contributed by atoms with van der Waals surface area (Å²) in [7, 11) is 0. The molecule has 0 aliphatic heterocycles. The van der Waals surface area contributed by atoms with E-state index in [1.807, 2.05) is 30.3 Å². The monoisotopic (exact) mass is 1290 g/mol. The summed E-state index contributed by atoms with van der Waals surface area (Å²) in [5.41, 5.74) is 38.0. The lowest BCUT2D eigenvalue weighted by Crippen LogP contribution is -2.27. The number of allylic oxidation sites excluding steroid dienone is 9. The quantitative estimate of drug-likeness (QED) is 0.114. The van der Waals surface area contributed by atoms with Crippen LogP contribution in [0.3, 0.4) is 0 Å². The highest BCUT2D eigenvalue weighted by Crippen LogP contribution is 2.66. The summed E-state index contributed by atoms with van der Waals surface area (Å²) in [6, 6.07) is 114. The zero-order chi connectivity index (χ0) is 67.5. The fourth-order valence-corrected chi connectivity index (χ4v) is 17.7. The van der Waals surface area contributed by atoms with Gasteiger partial charge in [0.1, 0.15) is 0 Å². The molecule has 0 radical (unpaired) electrons. The molecule has 0 saturated carbocycles. The van der Waals surface area contributed by atoms with E-state index in [-0.39, 0.29) is 11.3 Å². The molecule has 13 aromatic carbocycles. The Labute approximate surface area is 590 Å². The van der Waals surface area contributed by atoms with Gasteiger partial charge in [0.2, 0.25) is 11.8 Å². The van der Waals surface area contributed by atoms with Crippen molar-refractivity contribution < 1.29 is 4.42 Å². The zero-order valence-electron chi connectivity index (χ0n) is 56.5. The summed E-state index contributed by atoms with van der Waals surface area (Å²) in [6.07, 6.45) is 10.6. The van der Waals surface area contributed by atoms with Gasteiger partial charge in [-0.25, -0.2) is 0 Å². The van der Waals surface area contributed by atoms with Crippen LogP contribution < -0.4 is 4.90 Å². The number of nitrogens with zero attached hydrogens (tertiary/aromatic N) is 3. The SMILES string of the molecule is C=C(C)C=CC1=C(C)c2ccccc2C12c1ccccc1-c1ccc(-c3ccc(N(c4ccc(-c5ccccc5-c5ccccc5-c5ccc(-c6nnc(-c7ccccc7)o6)c(C)c5)cc4)c4ccc(C5C=C6C(=CC5)c5ccccc5C65c6ccccc6-c6ccccc65)cc4)cc3)cc12. The van der Waals surface area contributed by atoms with Gasteiger partial charge in [-0.1, -0.05) is 285 Å². The Balaban J connectivity index is 0.694. The van der Waals surface area contributed by atoms with Gasteiger partial charge in [-0.05, 0) is 233 Å². The minimum Gasteiger partial charge on any atom is -0.416 e. The third kappa shape index (κ3) is 9.21. The third-order valence-electron chi connectivity index (χ3n) is 22.2. The van der Waals surface area contributed by atoms with Crippen LogP contribution in [0.15, 0.2) is 361 Å². The van der Waals surface area contributed by atoms with E-state index >= 15 is 0 Å². The topological polar surface area (TPSA) is 42.2 Å². The molecule has 1 aromatic heterocycles. The molecule has 2 unspecified atom stereocenters. The molecule has 1 heterocycles. The predicted octanol–water partition coefficient (Wildman–Crippen LogP) is 24.9. The fraction of sp³-hybridized carbons (Fsp3) is 0.0722. The summed E-state index contributed by atoms with van der Waals surface area (Å²) in [4.78, 5) is 2.42. The van der Waals surface area contributed by atoms with Gasteiger partial charge in [-0.3, -0.25) is 0 Å². The van der Waals surface area contributed by atoms with Crippen LogP contribution in [0, 0.1) is 6.92 Å². The highest BCUT2D eigenvalue weighted by atomic mass is 16.4. The average Bonchev–Trinajstić information content (AvgIpc) is 1.52. The lowest BCUT2D eigenvalue weighted by atomic mass is 9.68. The molecule has 0 amide bonds. The first-order valence-corrected chi connectivity index (χ1v) is 35.1. The largest absolute Gasteiger partial charge is 0.416 e. The van der Waals surface area contributed by atoms with Crippen LogP contribution >= 0.6 is 0 Å². The van der Waals surface area contributed by atoms with Crippen LogP contribution in [-0.4, -0.2) is 10.2 Å². The van der Waals surface area contributed by atoms with E-state index in [2.05, 4.69) is 346 Å². The highest BCUT2D eigenvalue weighted by molar-refractivity contribution is 6.02. The van der Waals surface area contributed by atoms with Gasteiger partial charge in [-0.15, -0.1) is 10.2 Å². The van der Waals surface area contributed by atoms with E-state index < -0.39 is 5.41 Å². The van der Waals surface area contributed by atoms with Gasteiger partial charge in [0.05, 0.1) is 10.8 Å². The van der Waals surface area contributed by atoms with E-state index in [4.69, 9.17) is 4.42 Å². The van der Waals surface area contributed by atoms with Crippen molar-refractivity contribution in [2.75, 3.05) is 4.90 Å². The summed E-state index contributed by atoms with van der Waals surface area (Å²) < 4.78 is 6.24. The molecule has 478 valence electrons. The number of aryl methyl sites for hydroxylation is 1. The number of benzene rings is 13. The lowest BCUT2D eigenvalue weighted by Gasteiger charge is -2.33. The maximum Gasteiger partial charge on any atom is 0.248 e. The Bertz CT molecular complexity index is 5810. The van der Waals surface area contributed by atoms with E-state index in [0.717, 1.165) is 84.7 Å². The van der Waals surface area contributed by atoms with Crippen molar-refractivity contribution in [3.63, 3.8) is 0 Å². The summed E-state index contributed by atoms with van der Waals surface area (Å²) in [5.74, 6) is 1.18. The molecular formula is C97H69N3O. The van der Waals surface area contributed by atoms with Crippen LogP contribution in [0.4, 0.5) is 17.1 Å². The number of fused-ring (bicyclic) bond motifs is 17. The molecule has 4 heteroatoms. The van der Waals surface area contributed by atoms with Crippen molar-refractivity contribution in [3.05, 3.63) is 413 Å². The molecule has 5 aliphatic rings. The number of hydrogen-bond acceptors (Lipinski definition) is 4.